The lowest BCUT2D eigenvalue weighted by Gasteiger charge is -2.10. The highest BCUT2D eigenvalue weighted by atomic mass is 19.3. The van der Waals surface area contributed by atoms with Crippen molar-refractivity contribution in [2.45, 2.75) is 19.1 Å². The van der Waals surface area contributed by atoms with Gasteiger partial charge in [0.05, 0.1) is 6.10 Å². The van der Waals surface area contributed by atoms with E-state index in [0.717, 1.165) is 0 Å². The molecule has 0 spiro atoms. The predicted molar refractivity (Wildman–Crippen MR) is 49.7 cm³/mol. The molecule has 0 saturated carbocycles. The van der Waals surface area contributed by atoms with Crippen LogP contribution in [-0.4, -0.2) is 23.4 Å². The van der Waals surface area contributed by atoms with Gasteiger partial charge in [-0.2, -0.15) is 8.78 Å². The van der Waals surface area contributed by atoms with Crippen molar-refractivity contribution in [1.82, 2.24) is 0 Å². The van der Waals surface area contributed by atoms with Crippen LogP contribution in [-0.2, 0) is 0 Å². The zero-order valence-electron chi connectivity index (χ0n) is 7.94. The Balaban J connectivity index is 2.63. The predicted octanol–water partition coefficient (Wildman–Crippen LogP) is 1.70. The number of hydrogen-bond donors (Lipinski definition) is 2. The molecule has 15 heavy (non-hydrogen) atoms. The highest BCUT2D eigenvalue weighted by Crippen LogP contribution is 2.20. The molecule has 5 heteroatoms. The first-order chi connectivity index (χ1) is 7.13. The van der Waals surface area contributed by atoms with Crippen LogP contribution in [0.4, 0.5) is 8.78 Å². The van der Waals surface area contributed by atoms with Gasteiger partial charge < -0.3 is 14.9 Å². The van der Waals surface area contributed by atoms with Gasteiger partial charge in [0.15, 0.2) is 0 Å². The number of aliphatic hydroxyl groups excluding tert-OH is 2. The average Bonchev–Trinajstić information content (AvgIpc) is 2.18. The van der Waals surface area contributed by atoms with Crippen molar-refractivity contribution >= 4 is 0 Å². The summed E-state index contributed by atoms with van der Waals surface area (Å²) in [4.78, 5) is 0. The molecule has 3 nitrogen and oxygen atoms in total. The van der Waals surface area contributed by atoms with Crippen LogP contribution in [0, 0.1) is 0 Å². The van der Waals surface area contributed by atoms with Crippen LogP contribution in [0.25, 0.3) is 0 Å². The van der Waals surface area contributed by atoms with Gasteiger partial charge in [-0.3, -0.25) is 0 Å². The third-order valence-electron chi connectivity index (χ3n) is 1.89. The zero-order chi connectivity index (χ0) is 11.3. The van der Waals surface area contributed by atoms with Crippen molar-refractivity contribution in [2.24, 2.45) is 0 Å². The molecule has 1 unspecified atom stereocenters. The maximum atomic E-state index is 11.8. The Hall–Kier alpha value is -1.20. The molecule has 0 radical (unpaired) electrons. The van der Waals surface area contributed by atoms with Crippen LogP contribution in [0.1, 0.15) is 18.1 Å². The van der Waals surface area contributed by atoms with E-state index in [2.05, 4.69) is 4.74 Å². The molecule has 0 aliphatic heterocycles. The fraction of sp³-hybridized carbons (Fsp3) is 0.400. The van der Waals surface area contributed by atoms with Gasteiger partial charge in [-0.15, -0.1) is 0 Å². The third-order valence-corrected chi connectivity index (χ3v) is 1.89. The van der Waals surface area contributed by atoms with E-state index in [-0.39, 0.29) is 18.8 Å². The summed E-state index contributed by atoms with van der Waals surface area (Å²) in [5, 5.41) is 18.0. The minimum absolute atomic E-state index is 0.0462. The Bertz CT molecular complexity index is 287. The molecule has 1 atom stereocenters. The fourth-order valence-electron chi connectivity index (χ4n) is 1.16. The lowest BCUT2D eigenvalue weighted by molar-refractivity contribution is -0.0498. The Morgan fingerprint density at radius 3 is 2.27 bits per heavy atom. The summed E-state index contributed by atoms with van der Waals surface area (Å²) >= 11 is 0. The largest absolute Gasteiger partial charge is 0.435 e. The molecule has 0 fully saturated rings. The summed E-state index contributed by atoms with van der Waals surface area (Å²) in [6, 6.07) is 5.67. The standard InChI is InChI=1S/C10H12F2O3/c11-10(12)15-8-3-1-7(2-4-8)9(14)5-6-13/h1-4,9-10,13-14H,5-6H2. The van der Waals surface area contributed by atoms with E-state index in [1.165, 1.54) is 24.3 Å². The highest BCUT2D eigenvalue weighted by molar-refractivity contribution is 5.28. The molecular formula is C10H12F2O3. The fourth-order valence-corrected chi connectivity index (χ4v) is 1.16. The zero-order valence-corrected chi connectivity index (χ0v) is 7.94. The number of ether oxygens (including phenoxy) is 1. The van der Waals surface area contributed by atoms with Gasteiger partial charge in [0.25, 0.3) is 0 Å². The first-order valence-electron chi connectivity index (χ1n) is 4.47. The molecule has 2 N–H and O–H groups in total. The minimum atomic E-state index is -2.85. The smallest absolute Gasteiger partial charge is 0.387 e. The molecule has 1 aromatic rings. The number of alkyl halides is 2. The number of benzene rings is 1. The van der Waals surface area contributed by atoms with E-state index in [1.807, 2.05) is 0 Å². The van der Waals surface area contributed by atoms with Gasteiger partial charge in [0.1, 0.15) is 5.75 Å². The van der Waals surface area contributed by atoms with Crippen LogP contribution < -0.4 is 4.74 Å². The average molecular weight is 218 g/mol. The third kappa shape index (κ3) is 3.81. The molecule has 1 rings (SSSR count). The number of aliphatic hydroxyl groups is 2. The number of hydrogen-bond acceptors (Lipinski definition) is 3. The molecular weight excluding hydrogens is 206 g/mol. The van der Waals surface area contributed by atoms with Crippen LogP contribution in [0.2, 0.25) is 0 Å². The van der Waals surface area contributed by atoms with E-state index in [4.69, 9.17) is 5.11 Å². The van der Waals surface area contributed by atoms with Crippen molar-refractivity contribution in [3.05, 3.63) is 29.8 Å². The SMILES string of the molecule is OCCC(O)c1ccc(OC(F)F)cc1. The highest BCUT2D eigenvalue weighted by Gasteiger charge is 2.08. The molecule has 0 amide bonds. The van der Waals surface area contributed by atoms with Gasteiger partial charge in [0.2, 0.25) is 0 Å². The quantitative estimate of drug-likeness (QED) is 0.790. The Kier molecular flexibility index (Phi) is 4.45. The molecule has 0 saturated heterocycles. The van der Waals surface area contributed by atoms with Crippen molar-refractivity contribution in [3.63, 3.8) is 0 Å². The molecule has 84 valence electrons. The second-order valence-electron chi connectivity index (χ2n) is 2.98. The molecule has 0 aliphatic carbocycles. The monoisotopic (exact) mass is 218 g/mol. The van der Waals surface area contributed by atoms with Crippen molar-refractivity contribution < 1.29 is 23.7 Å². The van der Waals surface area contributed by atoms with Crippen LogP contribution >= 0.6 is 0 Å². The van der Waals surface area contributed by atoms with E-state index >= 15 is 0 Å². The second kappa shape index (κ2) is 5.63. The lowest BCUT2D eigenvalue weighted by atomic mass is 10.1. The Labute approximate surface area is 85.9 Å². The summed E-state index contributed by atoms with van der Waals surface area (Å²) in [5.74, 6) is 0.0462. The topological polar surface area (TPSA) is 49.7 Å². The van der Waals surface area contributed by atoms with Gasteiger partial charge in [0, 0.05) is 13.0 Å². The molecule has 0 aliphatic rings. The Morgan fingerprint density at radius 1 is 1.20 bits per heavy atom. The first-order valence-corrected chi connectivity index (χ1v) is 4.47. The number of halogens is 2. The first kappa shape index (κ1) is 11.9. The van der Waals surface area contributed by atoms with E-state index in [0.29, 0.717) is 5.56 Å². The normalized spacial score (nSPS) is 12.9. The van der Waals surface area contributed by atoms with Crippen molar-refractivity contribution in [2.75, 3.05) is 6.61 Å². The van der Waals surface area contributed by atoms with Crippen LogP contribution in [0.3, 0.4) is 0 Å². The minimum Gasteiger partial charge on any atom is -0.435 e. The summed E-state index contributed by atoms with van der Waals surface area (Å²) in [6.07, 6.45) is -0.565. The van der Waals surface area contributed by atoms with E-state index in [9.17, 15) is 13.9 Å². The molecule has 0 heterocycles. The van der Waals surface area contributed by atoms with E-state index < -0.39 is 12.7 Å². The molecule has 0 aromatic heterocycles. The molecule has 1 aromatic carbocycles. The van der Waals surface area contributed by atoms with Crippen LogP contribution in [0.5, 0.6) is 5.75 Å². The van der Waals surface area contributed by atoms with Gasteiger partial charge in [-0.25, -0.2) is 0 Å². The van der Waals surface area contributed by atoms with Crippen molar-refractivity contribution in [1.29, 1.82) is 0 Å². The summed E-state index contributed by atoms with van der Waals surface area (Å²) < 4.78 is 27.7. The second-order valence-corrected chi connectivity index (χ2v) is 2.98. The number of rotatable bonds is 5. The Morgan fingerprint density at radius 2 is 1.80 bits per heavy atom. The lowest BCUT2D eigenvalue weighted by Crippen LogP contribution is -2.03. The molecule has 0 bridgehead atoms. The summed E-state index contributed by atoms with van der Waals surface area (Å²) in [5.41, 5.74) is 0.561. The summed E-state index contributed by atoms with van der Waals surface area (Å²) in [6.45, 7) is -2.98. The van der Waals surface area contributed by atoms with Gasteiger partial charge in [-0.1, -0.05) is 12.1 Å². The maximum absolute atomic E-state index is 11.8. The van der Waals surface area contributed by atoms with E-state index in [1.54, 1.807) is 0 Å². The van der Waals surface area contributed by atoms with Crippen molar-refractivity contribution in [3.8, 4) is 5.75 Å². The summed E-state index contributed by atoms with van der Waals surface area (Å²) in [7, 11) is 0. The van der Waals surface area contributed by atoms with Gasteiger partial charge in [-0.05, 0) is 17.7 Å². The maximum Gasteiger partial charge on any atom is 0.387 e. The van der Waals surface area contributed by atoms with Gasteiger partial charge >= 0.3 is 6.61 Å². The van der Waals surface area contributed by atoms with Crippen LogP contribution in [0.15, 0.2) is 24.3 Å².